The van der Waals surface area contributed by atoms with E-state index in [1.807, 2.05) is 37.3 Å². The minimum Gasteiger partial charge on any atom is -0.454 e. The van der Waals surface area contributed by atoms with Gasteiger partial charge in [-0.2, -0.15) is 0 Å². The van der Waals surface area contributed by atoms with E-state index in [9.17, 15) is 18.8 Å². The summed E-state index contributed by atoms with van der Waals surface area (Å²) in [6, 6.07) is 14.7. The van der Waals surface area contributed by atoms with E-state index in [0.29, 0.717) is 34.0 Å². The van der Waals surface area contributed by atoms with Crippen LogP contribution >= 0.6 is 11.6 Å². The van der Waals surface area contributed by atoms with Crippen LogP contribution in [0.3, 0.4) is 0 Å². The lowest BCUT2D eigenvalue weighted by molar-refractivity contribution is 0.0470. The average Bonchev–Trinajstić information content (AvgIpc) is 3.23. The molecule has 0 aliphatic carbocycles. The number of rotatable bonds is 6. The molecule has 35 heavy (non-hydrogen) atoms. The van der Waals surface area contributed by atoms with Crippen LogP contribution in [0.5, 0.6) is 0 Å². The van der Waals surface area contributed by atoms with Crippen molar-refractivity contribution in [1.29, 1.82) is 0 Å². The second-order valence-electron chi connectivity index (χ2n) is 8.13. The number of Topliss-reactive ketones (excluding diaryl/α,β-unsaturated/α-hetero) is 1. The Morgan fingerprint density at radius 1 is 1.00 bits per heavy atom. The molecule has 0 N–H and O–H groups in total. The third-order valence-corrected chi connectivity index (χ3v) is 6.30. The van der Waals surface area contributed by atoms with Crippen LogP contribution in [0.15, 0.2) is 59.4 Å². The van der Waals surface area contributed by atoms with E-state index in [4.69, 9.17) is 16.3 Å². The van der Waals surface area contributed by atoms with Crippen LogP contribution in [-0.2, 0) is 11.8 Å². The minimum absolute atomic E-state index is 0.102. The molecule has 0 aliphatic rings. The molecule has 0 saturated carbocycles. The summed E-state index contributed by atoms with van der Waals surface area (Å²) in [6.45, 7) is 4.73. The van der Waals surface area contributed by atoms with Crippen LogP contribution in [0, 0.1) is 26.6 Å². The maximum atomic E-state index is 14.0. The van der Waals surface area contributed by atoms with Gasteiger partial charge in [0.1, 0.15) is 17.1 Å². The minimum atomic E-state index is -1.03. The molecule has 7 nitrogen and oxygen atoms in total. The zero-order chi connectivity index (χ0) is 25.4. The van der Waals surface area contributed by atoms with Crippen LogP contribution in [0.1, 0.15) is 37.8 Å². The van der Waals surface area contributed by atoms with Crippen LogP contribution in [-0.4, -0.2) is 32.3 Å². The molecule has 180 valence electrons. The SMILES string of the molecule is Cc1cc(C(=O)COC(=O)c2c(F)cccc2Cl)c(C)n1-c1c(C)n(C)n(-c2ccccc2)c1=O. The van der Waals surface area contributed by atoms with Gasteiger partial charge in [0, 0.05) is 24.0 Å². The highest BCUT2D eigenvalue weighted by Crippen LogP contribution is 2.24. The standard InChI is InChI=1S/C26H23ClFN3O4/c1-15-13-19(22(32)14-35-26(34)23-20(27)11-8-12-21(23)28)16(2)30(15)24-17(3)29(4)31(25(24)33)18-9-6-5-7-10-18/h5-13H,14H2,1-4H3. The number of ketones is 1. The molecule has 9 heteroatoms. The number of esters is 1. The van der Waals surface area contributed by atoms with Crippen molar-refractivity contribution in [2.45, 2.75) is 20.8 Å². The van der Waals surface area contributed by atoms with Gasteiger partial charge in [-0.15, -0.1) is 0 Å². The number of benzene rings is 2. The number of ether oxygens (including phenoxy) is 1. The normalized spacial score (nSPS) is 11.0. The van der Waals surface area contributed by atoms with Crippen LogP contribution in [0.2, 0.25) is 5.02 Å². The fraction of sp³-hybridized carbons (Fsp3) is 0.192. The monoisotopic (exact) mass is 495 g/mol. The Hall–Kier alpha value is -3.91. The zero-order valence-corrected chi connectivity index (χ0v) is 20.4. The van der Waals surface area contributed by atoms with E-state index in [2.05, 4.69) is 0 Å². The molecule has 0 saturated heterocycles. The number of aromatic nitrogens is 3. The molecule has 0 bridgehead atoms. The molecular weight excluding hydrogens is 473 g/mol. The van der Waals surface area contributed by atoms with Gasteiger partial charge in [-0.05, 0) is 51.1 Å². The summed E-state index contributed by atoms with van der Waals surface area (Å²) >= 11 is 5.90. The van der Waals surface area contributed by atoms with Crippen molar-refractivity contribution in [1.82, 2.24) is 13.9 Å². The lowest BCUT2D eigenvalue weighted by Gasteiger charge is -2.09. The molecule has 0 aliphatic heterocycles. The Labute approximate surface area is 205 Å². The summed E-state index contributed by atoms with van der Waals surface area (Å²) in [7, 11) is 1.79. The van der Waals surface area contributed by atoms with Crippen molar-refractivity contribution in [2.75, 3.05) is 6.61 Å². The van der Waals surface area contributed by atoms with E-state index in [1.54, 1.807) is 40.9 Å². The quantitative estimate of drug-likeness (QED) is 0.286. The average molecular weight is 496 g/mol. The van der Waals surface area contributed by atoms with E-state index in [0.717, 1.165) is 6.07 Å². The molecule has 4 aromatic rings. The van der Waals surface area contributed by atoms with Gasteiger partial charge in [0.15, 0.2) is 6.61 Å². The molecule has 4 rings (SSSR count). The Morgan fingerprint density at radius 2 is 1.69 bits per heavy atom. The van der Waals surface area contributed by atoms with Gasteiger partial charge in [-0.25, -0.2) is 13.9 Å². The number of nitrogens with zero attached hydrogens (tertiary/aromatic N) is 3. The first kappa shape index (κ1) is 24.2. The summed E-state index contributed by atoms with van der Waals surface area (Å²) in [5, 5.41) is -0.102. The van der Waals surface area contributed by atoms with Gasteiger partial charge in [0.25, 0.3) is 5.56 Å². The molecule has 2 heterocycles. The predicted molar refractivity (Wildman–Crippen MR) is 131 cm³/mol. The number of halogens is 2. The van der Waals surface area contributed by atoms with E-state index >= 15 is 0 Å². The van der Waals surface area contributed by atoms with Gasteiger partial charge < -0.3 is 9.30 Å². The van der Waals surface area contributed by atoms with Crippen LogP contribution < -0.4 is 5.56 Å². The largest absolute Gasteiger partial charge is 0.454 e. The fourth-order valence-corrected chi connectivity index (χ4v) is 4.41. The Kier molecular flexibility index (Phi) is 6.49. The molecular formula is C26H23ClFN3O4. The highest BCUT2D eigenvalue weighted by molar-refractivity contribution is 6.33. The summed E-state index contributed by atoms with van der Waals surface area (Å²) < 4.78 is 24.1. The number of para-hydroxylation sites is 1. The Bertz CT molecular complexity index is 1500. The molecule has 2 aromatic heterocycles. The van der Waals surface area contributed by atoms with Crippen molar-refractivity contribution in [2.24, 2.45) is 7.05 Å². The number of carbonyl (C=O) groups is 2. The number of aryl methyl sites for hydroxylation is 1. The third-order valence-electron chi connectivity index (χ3n) is 5.98. The van der Waals surface area contributed by atoms with Crippen molar-refractivity contribution in [3.05, 3.63) is 104 Å². The highest BCUT2D eigenvalue weighted by Gasteiger charge is 2.25. The number of hydrogen-bond acceptors (Lipinski definition) is 4. The van der Waals surface area contributed by atoms with Crippen molar-refractivity contribution in [3.8, 4) is 11.4 Å². The maximum Gasteiger partial charge on any atom is 0.343 e. The van der Waals surface area contributed by atoms with Gasteiger partial charge in [0.2, 0.25) is 5.78 Å². The fourth-order valence-electron chi connectivity index (χ4n) is 4.17. The second-order valence-corrected chi connectivity index (χ2v) is 8.53. The molecule has 2 aromatic carbocycles. The summed E-state index contributed by atoms with van der Waals surface area (Å²) in [5.41, 5.74) is 2.67. The second kappa shape index (κ2) is 9.38. The van der Waals surface area contributed by atoms with Crippen molar-refractivity contribution in [3.63, 3.8) is 0 Å². The zero-order valence-electron chi connectivity index (χ0n) is 19.6. The van der Waals surface area contributed by atoms with Gasteiger partial charge in [-0.1, -0.05) is 35.9 Å². The van der Waals surface area contributed by atoms with Crippen LogP contribution in [0.4, 0.5) is 4.39 Å². The molecule has 0 radical (unpaired) electrons. The van der Waals surface area contributed by atoms with E-state index < -0.39 is 29.7 Å². The van der Waals surface area contributed by atoms with Gasteiger partial charge in [-0.3, -0.25) is 14.3 Å². The lowest BCUT2D eigenvalue weighted by Crippen LogP contribution is -2.22. The van der Waals surface area contributed by atoms with Crippen LogP contribution in [0.25, 0.3) is 11.4 Å². The first-order valence-corrected chi connectivity index (χ1v) is 11.2. The third kappa shape index (κ3) is 4.21. The molecule has 0 atom stereocenters. The summed E-state index contributed by atoms with van der Waals surface area (Å²) in [4.78, 5) is 38.7. The number of hydrogen-bond donors (Lipinski definition) is 0. The van der Waals surface area contributed by atoms with Crippen molar-refractivity contribution < 1.29 is 18.7 Å². The van der Waals surface area contributed by atoms with E-state index in [-0.39, 0.29) is 10.6 Å². The molecule has 0 spiro atoms. The molecule has 0 unspecified atom stereocenters. The first-order valence-electron chi connectivity index (χ1n) is 10.8. The molecule has 0 amide bonds. The predicted octanol–water partition coefficient (Wildman–Crippen LogP) is 4.72. The first-order chi connectivity index (χ1) is 16.6. The highest BCUT2D eigenvalue weighted by atomic mass is 35.5. The lowest BCUT2D eigenvalue weighted by atomic mass is 10.1. The van der Waals surface area contributed by atoms with Gasteiger partial charge in [0.05, 0.1) is 16.4 Å². The Morgan fingerprint density at radius 3 is 2.34 bits per heavy atom. The van der Waals surface area contributed by atoms with Crippen molar-refractivity contribution >= 4 is 23.4 Å². The Balaban J connectivity index is 1.66. The summed E-state index contributed by atoms with van der Waals surface area (Å²) in [6.07, 6.45) is 0. The number of carbonyl (C=O) groups excluding carboxylic acids is 2. The smallest absolute Gasteiger partial charge is 0.343 e. The van der Waals surface area contributed by atoms with Gasteiger partial charge >= 0.3 is 5.97 Å². The summed E-state index contributed by atoms with van der Waals surface area (Å²) in [5.74, 6) is -2.34. The molecule has 0 fully saturated rings. The maximum absolute atomic E-state index is 14.0. The van der Waals surface area contributed by atoms with E-state index in [1.165, 1.54) is 12.1 Å². The topological polar surface area (TPSA) is 75.2 Å².